The largest absolute Gasteiger partial charge is 0.492 e. The summed E-state index contributed by atoms with van der Waals surface area (Å²) >= 11 is 0. The Bertz CT molecular complexity index is 859. The molecule has 0 atom stereocenters. The van der Waals surface area contributed by atoms with Crippen molar-refractivity contribution in [1.82, 2.24) is 14.6 Å². The van der Waals surface area contributed by atoms with Gasteiger partial charge in [-0.2, -0.15) is 0 Å². The third-order valence-corrected chi connectivity index (χ3v) is 3.03. The molecular formula is C14H9N3O2. The molecule has 0 saturated carbocycles. The van der Waals surface area contributed by atoms with Gasteiger partial charge < -0.3 is 9.52 Å². The van der Waals surface area contributed by atoms with E-state index in [0.29, 0.717) is 17.1 Å². The van der Waals surface area contributed by atoms with Gasteiger partial charge in [-0.05, 0) is 18.2 Å². The predicted molar refractivity (Wildman–Crippen MR) is 69.9 cm³/mol. The van der Waals surface area contributed by atoms with Crippen molar-refractivity contribution in [1.29, 1.82) is 0 Å². The number of benzene rings is 1. The number of fused-ring (bicyclic) bond motifs is 2. The molecule has 0 spiro atoms. The van der Waals surface area contributed by atoms with Crippen LogP contribution in [0.4, 0.5) is 0 Å². The molecule has 5 heteroatoms. The van der Waals surface area contributed by atoms with Crippen molar-refractivity contribution in [2.24, 2.45) is 0 Å². The minimum absolute atomic E-state index is 0.0529. The average Bonchev–Trinajstić information content (AvgIpc) is 3.00. The van der Waals surface area contributed by atoms with E-state index in [1.54, 1.807) is 16.8 Å². The SMILES string of the molecule is Oc1ccc2ncc(-c3cc4ccccc4o3)n2n1. The lowest BCUT2D eigenvalue weighted by molar-refractivity contribution is 0.442. The van der Waals surface area contributed by atoms with E-state index in [2.05, 4.69) is 10.1 Å². The van der Waals surface area contributed by atoms with Crippen LogP contribution in [0.25, 0.3) is 28.1 Å². The quantitative estimate of drug-likeness (QED) is 0.565. The van der Waals surface area contributed by atoms with E-state index in [1.165, 1.54) is 6.07 Å². The van der Waals surface area contributed by atoms with Gasteiger partial charge in [0.15, 0.2) is 11.4 Å². The average molecular weight is 251 g/mol. The van der Waals surface area contributed by atoms with Crippen LogP contribution < -0.4 is 0 Å². The first-order chi connectivity index (χ1) is 9.31. The molecule has 0 bridgehead atoms. The summed E-state index contributed by atoms with van der Waals surface area (Å²) in [6.07, 6.45) is 1.68. The van der Waals surface area contributed by atoms with Crippen LogP contribution in [0.5, 0.6) is 5.88 Å². The van der Waals surface area contributed by atoms with E-state index in [1.807, 2.05) is 30.3 Å². The lowest BCUT2D eigenvalue weighted by Crippen LogP contribution is -1.92. The van der Waals surface area contributed by atoms with Crippen LogP contribution in [-0.2, 0) is 0 Å². The zero-order valence-electron chi connectivity index (χ0n) is 9.82. The van der Waals surface area contributed by atoms with Crippen LogP contribution in [-0.4, -0.2) is 19.7 Å². The standard InChI is InChI=1S/C14H9N3O2/c18-14-6-5-13-15-8-10(17(13)16-14)12-7-9-3-1-2-4-11(9)19-12/h1-8H,(H,16,18). The zero-order chi connectivity index (χ0) is 12.8. The Balaban J connectivity index is 2.00. The van der Waals surface area contributed by atoms with Gasteiger partial charge in [0.25, 0.3) is 0 Å². The van der Waals surface area contributed by atoms with E-state index >= 15 is 0 Å². The summed E-state index contributed by atoms with van der Waals surface area (Å²) in [7, 11) is 0. The van der Waals surface area contributed by atoms with E-state index in [4.69, 9.17) is 4.42 Å². The normalized spacial score (nSPS) is 11.4. The van der Waals surface area contributed by atoms with Gasteiger partial charge in [-0.15, -0.1) is 5.10 Å². The summed E-state index contributed by atoms with van der Waals surface area (Å²) < 4.78 is 7.34. The Morgan fingerprint density at radius 1 is 1.11 bits per heavy atom. The number of nitrogens with zero attached hydrogens (tertiary/aromatic N) is 3. The fourth-order valence-electron chi connectivity index (χ4n) is 2.14. The van der Waals surface area contributed by atoms with Crippen LogP contribution >= 0.6 is 0 Å². The first-order valence-electron chi connectivity index (χ1n) is 5.84. The number of hydrogen-bond acceptors (Lipinski definition) is 4. The van der Waals surface area contributed by atoms with E-state index < -0.39 is 0 Å². The number of para-hydroxylation sites is 1. The number of imidazole rings is 1. The summed E-state index contributed by atoms with van der Waals surface area (Å²) in [5.41, 5.74) is 2.18. The summed E-state index contributed by atoms with van der Waals surface area (Å²) in [6.45, 7) is 0. The molecule has 3 aromatic heterocycles. The van der Waals surface area contributed by atoms with Crippen LogP contribution in [0, 0.1) is 0 Å². The fraction of sp³-hybridized carbons (Fsp3) is 0. The lowest BCUT2D eigenvalue weighted by Gasteiger charge is -1.97. The topological polar surface area (TPSA) is 63.6 Å². The molecule has 0 unspecified atom stereocenters. The van der Waals surface area contributed by atoms with Crippen molar-refractivity contribution in [3.05, 3.63) is 48.7 Å². The Morgan fingerprint density at radius 3 is 2.89 bits per heavy atom. The van der Waals surface area contributed by atoms with Crippen molar-refractivity contribution in [2.45, 2.75) is 0 Å². The molecule has 4 rings (SSSR count). The summed E-state index contributed by atoms with van der Waals surface area (Å²) in [6, 6.07) is 12.9. The molecule has 0 amide bonds. The van der Waals surface area contributed by atoms with Crippen molar-refractivity contribution >= 4 is 16.6 Å². The second-order valence-corrected chi connectivity index (χ2v) is 4.25. The molecule has 0 aliphatic heterocycles. The molecule has 0 fully saturated rings. The third kappa shape index (κ3) is 1.48. The Labute approximate surface area is 107 Å². The van der Waals surface area contributed by atoms with Crippen molar-refractivity contribution in [2.75, 3.05) is 0 Å². The molecule has 3 heterocycles. The summed E-state index contributed by atoms with van der Waals surface area (Å²) in [5.74, 6) is 0.620. The molecule has 4 aromatic rings. The van der Waals surface area contributed by atoms with Gasteiger partial charge in [-0.25, -0.2) is 9.50 Å². The maximum Gasteiger partial charge on any atom is 0.229 e. The van der Waals surface area contributed by atoms with E-state index in [9.17, 15) is 5.11 Å². The number of aromatic hydroxyl groups is 1. The molecule has 19 heavy (non-hydrogen) atoms. The second-order valence-electron chi connectivity index (χ2n) is 4.25. The molecular weight excluding hydrogens is 242 g/mol. The number of furan rings is 1. The van der Waals surface area contributed by atoms with E-state index in [-0.39, 0.29) is 5.88 Å². The Hall–Kier alpha value is -2.82. The summed E-state index contributed by atoms with van der Waals surface area (Å²) in [5, 5.41) is 14.5. The molecule has 0 aliphatic carbocycles. The smallest absolute Gasteiger partial charge is 0.229 e. The first kappa shape index (κ1) is 10.1. The zero-order valence-corrected chi connectivity index (χ0v) is 9.82. The molecule has 5 nitrogen and oxygen atoms in total. The lowest BCUT2D eigenvalue weighted by atomic mass is 10.2. The Morgan fingerprint density at radius 2 is 2.00 bits per heavy atom. The molecule has 0 aliphatic rings. The summed E-state index contributed by atoms with van der Waals surface area (Å²) in [4.78, 5) is 4.24. The Kier molecular flexibility index (Phi) is 1.91. The molecule has 0 radical (unpaired) electrons. The minimum atomic E-state index is -0.0529. The van der Waals surface area contributed by atoms with Crippen molar-refractivity contribution in [3.63, 3.8) is 0 Å². The van der Waals surface area contributed by atoms with Crippen molar-refractivity contribution in [3.8, 4) is 17.3 Å². The second kappa shape index (κ2) is 3.58. The van der Waals surface area contributed by atoms with E-state index in [0.717, 1.165) is 11.0 Å². The highest BCUT2D eigenvalue weighted by Gasteiger charge is 2.12. The highest BCUT2D eigenvalue weighted by atomic mass is 16.3. The van der Waals surface area contributed by atoms with Crippen LogP contribution in [0.2, 0.25) is 0 Å². The van der Waals surface area contributed by atoms with Gasteiger partial charge in [0.05, 0.1) is 6.20 Å². The maximum absolute atomic E-state index is 9.47. The maximum atomic E-state index is 9.47. The minimum Gasteiger partial charge on any atom is -0.492 e. The van der Waals surface area contributed by atoms with Gasteiger partial charge in [0.1, 0.15) is 11.3 Å². The first-order valence-corrected chi connectivity index (χ1v) is 5.84. The van der Waals surface area contributed by atoms with Crippen LogP contribution in [0.15, 0.2) is 53.1 Å². The van der Waals surface area contributed by atoms with Gasteiger partial charge in [0, 0.05) is 11.5 Å². The molecule has 1 N–H and O–H groups in total. The third-order valence-electron chi connectivity index (χ3n) is 3.03. The van der Waals surface area contributed by atoms with Gasteiger partial charge in [0.2, 0.25) is 5.88 Å². The fourth-order valence-corrected chi connectivity index (χ4v) is 2.14. The highest BCUT2D eigenvalue weighted by Crippen LogP contribution is 2.28. The van der Waals surface area contributed by atoms with Crippen LogP contribution in [0.1, 0.15) is 0 Å². The van der Waals surface area contributed by atoms with Gasteiger partial charge in [-0.3, -0.25) is 0 Å². The monoisotopic (exact) mass is 251 g/mol. The number of aromatic nitrogens is 3. The van der Waals surface area contributed by atoms with Gasteiger partial charge in [-0.1, -0.05) is 18.2 Å². The molecule has 92 valence electrons. The van der Waals surface area contributed by atoms with Crippen LogP contribution in [0.3, 0.4) is 0 Å². The molecule has 0 saturated heterocycles. The highest BCUT2D eigenvalue weighted by molar-refractivity contribution is 5.82. The van der Waals surface area contributed by atoms with Crippen molar-refractivity contribution < 1.29 is 9.52 Å². The van der Waals surface area contributed by atoms with Gasteiger partial charge >= 0.3 is 0 Å². The number of hydrogen-bond donors (Lipinski definition) is 1. The predicted octanol–water partition coefficient (Wildman–Crippen LogP) is 2.85. The number of rotatable bonds is 1. The molecule has 1 aromatic carbocycles.